The topological polar surface area (TPSA) is 55.0 Å². The van der Waals surface area contributed by atoms with Gasteiger partial charge >= 0.3 is 0 Å². The van der Waals surface area contributed by atoms with Gasteiger partial charge in [-0.05, 0) is 31.2 Å². The van der Waals surface area contributed by atoms with E-state index in [9.17, 15) is 18.0 Å². The lowest BCUT2D eigenvalue weighted by Crippen LogP contribution is -2.23. The number of ether oxygens (including phenoxy) is 1. The van der Waals surface area contributed by atoms with Gasteiger partial charge in [-0.25, -0.2) is 13.2 Å². The summed E-state index contributed by atoms with van der Waals surface area (Å²) in [5.74, 6) is -2.42. The molecule has 28 heavy (non-hydrogen) atoms. The van der Waals surface area contributed by atoms with Gasteiger partial charge < -0.3 is 4.74 Å². The standard InChI is InChI=1S/C20H12ClF3N2O2/c1-11-7-17(28-10-12-5-6-14(22)8-13(12)9-25)18(21)20(27)26(11)19-15(23)3-2-4-16(19)24/h2-8H,10H2,1H3. The minimum atomic E-state index is -0.917. The normalized spacial score (nSPS) is 10.6. The van der Waals surface area contributed by atoms with E-state index in [-0.39, 0.29) is 28.6 Å². The summed E-state index contributed by atoms with van der Waals surface area (Å²) in [5, 5.41) is 8.69. The molecule has 0 spiro atoms. The van der Waals surface area contributed by atoms with Gasteiger partial charge in [0.1, 0.15) is 40.5 Å². The molecule has 0 atom stereocenters. The first-order valence-electron chi connectivity index (χ1n) is 8.01. The summed E-state index contributed by atoms with van der Waals surface area (Å²) in [6.45, 7) is 1.31. The van der Waals surface area contributed by atoms with Gasteiger partial charge in [0.2, 0.25) is 0 Å². The number of nitrogens with zero attached hydrogens (tertiary/aromatic N) is 2. The van der Waals surface area contributed by atoms with Crippen molar-refractivity contribution >= 4 is 11.6 Å². The molecule has 8 heteroatoms. The summed E-state index contributed by atoms with van der Waals surface area (Å²) in [7, 11) is 0. The molecular weight excluding hydrogens is 393 g/mol. The van der Waals surface area contributed by atoms with Gasteiger partial charge in [0.15, 0.2) is 0 Å². The number of para-hydroxylation sites is 1. The molecule has 0 N–H and O–H groups in total. The summed E-state index contributed by atoms with van der Waals surface area (Å²) in [6, 6.07) is 10.1. The number of hydrogen-bond acceptors (Lipinski definition) is 3. The zero-order valence-electron chi connectivity index (χ0n) is 14.5. The highest BCUT2D eigenvalue weighted by Crippen LogP contribution is 2.26. The zero-order valence-corrected chi connectivity index (χ0v) is 15.2. The average Bonchev–Trinajstić information content (AvgIpc) is 2.66. The first kappa shape index (κ1) is 19.5. The monoisotopic (exact) mass is 404 g/mol. The van der Waals surface area contributed by atoms with E-state index in [1.54, 1.807) is 0 Å². The van der Waals surface area contributed by atoms with Crippen LogP contribution in [0, 0.1) is 35.7 Å². The lowest BCUT2D eigenvalue weighted by atomic mass is 10.1. The predicted molar refractivity (Wildman–Crippen MR) is 97.1 cm³/mol. The van der Waals surface area contributed by atoms with Crippen LogP contribution in [-0.2, 0) is 6.61 Å². The van der Waals surface area contributed by atoms with Crippen LogP contribution in [0.2, 0.25) is 5.02 Å². The van der Waals surface area contributed by atoms with Crippen LogP contribution in [0.15, 0.2) is 47.3 Å². The van der Waals surface area contributed by atoms with Crippen LogP contribution < -0.4 is 10.3 Å². The van der Waals surface area contributed by atoms with Crippen molar-refractivity contribution in [2.75, 3.05) is 0 Å². The summed E-state index contributed by atoms with van der Waals surface area (Å²) in [5.41, 5.74) is -0.742. The van der Waals surface area contributed by atoms with Crippen molar-refractivity contribution in [3.8, 4) is 17.5 Å². The molecule has 142 valence electrons. The highest BCUT2D eigenvalue weighted by Gasteiger charge is 2.19. The van der Waals surface area contributed by atoms with Crippen molar-refractivity contribution in [3.05, 3.63) is 92.1 Å². The molecule has 1 aromatic heterocycles. The fourth-order valence-corrected chi connectivity index (χ4v) is 2.89. The molecule has 0 saturated carbocycles. The van der Waals surface area contributed by atoms with E-state index >= 15 is 0 Å². The van der Waals surface area contributed by atoms with Crippen molar-refractivity contribution in [1.82, 2.24) is 4.57 Å². The largest absolute Gasteiger partial charge is 0.487 e. The van der Waals surface area contributed by atoms with Crippen molar-refractivity contribution in [1.29, 1.82) is 5.26 Å². The summed E-state index contributed by atoms with van der Waals surface area (Å²) in [6.07, 6.45) is 0. The van der Waals surface area contributed by atoms with Gasteiger partial charge in [-0.15, -0.1) is 0 Å². The Labute approximate surface area is 163 Å². The van der Waals surface area contributed by atoms with Gasteiger partial charge in [-0.3, -0.25) is 9.36 Å². The molecule has 0 radical (unpaired) electrons. The van der Waals surface area contributed by atoms with Crippen LogP contribution in [0.1, 0.15) is 16.8 Å². The molecule has 3 aromatic rings. The highest BCUT2D eigenvalue weighted by atomic mass is 35.5. The quantitative estimate of drug-likeness (QED) is 0.635. The summed E-state index contributed by atoms with van der Waals surface area (Å²) in [4.78, 5) is 12.6. The molecule has 0 aliphatic heterocycles. The summed E-state index contributed by atoms with van der Waals surface area (Å²) < 4.78 is 47.7. The Kier molecular flexibility index (Phi) is 5.43. The number of nitriles is 1. The van der Waals surface area contributed by atoms with Crippen LogP contribution in [-0.4, -0.2) is 4.57 Å². The number of halogens is 4. The molecule has 0 bridgehead atoms. The van der Waals surface area contributed by atoms with Crippen molar-refractivity contribution in [3.63, 3.8) is 0 Å². The minimum absolute atomic E-state index is 0.0228. The van der Waals surface area contributed by atoms with Crippen LogP contribution >= 0.6 is 11.6 Å². The van der Waals surface area contributed by atoms with Gasteiger partial charge in [0, 0.05) is 17.3 Å². The van der Waals surface area contributed by atoms with E-state index in [1.165, 1.54) is 31.2 Å². The molecule has 0 fully saturated rings. The first-order chi connectivity index (χ1) is 13.3. The molecule has 0 aliphatic rings. The second-order valence-corrected chi connectivity index (χ2v) is 6.25. The van der Waals surface area contributed by atoms with Gasteiger partial charge in [0.05, 0.1) is 11.6 Å². The second-order valence-electron chi connectivity index (χ2n) is 5.88. The smallest absolute Gasteiger partial charge is 0.278 e. The highest BCUT2D eigenvalue weighted by molar-refractivity contribution is 6.31. The number of aryl methyl sites for hydroxylation is 1. The van der Waals surface area contributed by atoms with Crippen LogP contribution in [0.3, 0.4) is 0 Å². The molecule has 0 amide bonds. The Morgan fingerprint density at radius 3 is 2.46 bits per heavy atom. The molecule has 4 nitrogen and oxygen atoms in total. The number of benzene rings is 2. The van der Waals surface area contributed by atoms with E-state index in [0.717, 1.165) is 22.8 Å². The van der Waals surface area contributed by atoms with Gasteiger partial charge in [-0.2, -0.15) is 5.26 Å². The van der Waals surface area contributed by atoms with Gasteiger partial charge in [0.25, 0.3) is 5.56 Å². The molecule has 3 rings (SSSR count). The Morgan fingerprint density at radius 2 is 1.82 bits per heavy atom. The minimum Gasteiger partial charge on any atom is -0.487 e. The van der Waals surface area contributed by atoms with E-state index in [0.29, 0.717) is 5.56 Å². The average molecular weight is 405 g/mol. The van der Waals surface area contributed by atoms with E-state index < -0.39 is 28.7 Å². The van der Waals surface area contributed by atoms with Crippen molar-refractivity contribution < 1.29 is 17.9 Å². The van der Waals surface area contributed by atoms with Crippen molar-refractivity contribution in [2.24, 2.45) is 0 Å². The zero-order chi connectivity index (χ0) is 20.4. The third-order valence-corrected chi connectivity index (χ3v) is 4.38. The van der Waals surface area contributed by atoms with Crippen LogP contribution in [0.4, 0.5) is 13.2 Å². The Balaban J connectivity index is 2.00. The molecule has 0 unspecified atom stereocenters. The lowest BCUT2D eigenvalue weighted by Gasteiger charge is -2.15. The molecule has 1 heterocycles. The number of rotatable bonds is 4. The van der Waals surface area contributed by atoms with Gasteiger partial charge in [-0.1, -0.05) is 23.7 Å². The molecule has 0 aliphatic carbocycles. The molecular formula is C20H12ClF3N2O2. The SMILES string of the molecule is Cc1cc(OCc2ccc(F)cc2C#N)c(Cl)c(=O)n1-c1c(F)cccc1F. The van der Waals surface area contributed by atoms with Crippen LogP contribution in [0.5, 0.6) is 5.75 Å². The first-order valence-corrected chi connectivity index (χ1v) is 8.39. The van der Waals surface area contributed by atoms with Crippen molar-refractivity contribution in [2.45, 2.75) is 13.5 Å². The Hall–Kier alpha value is -3.24. The summed E-state index contributed by atoms with van der Waals surface area (Å²) >= 11 is 6.06. The Morgan fingerprint density at radius 1 is 1.14 bits per heavy atom. The molecule has 0 saturated heterocycles. The maximum Gasteiger partial charge on any atom is 0.278 e. The third kappa shape index (κ3) is 3.59. The maximum absolute atomic E-state index is 14.1. The Bertz CT molecular complexity index is 1150. The fourth-order valence-electron chi connectivity index (χ4n) is 2.70. The predicted octanol–water partition coefficient (Wildman–Crippen LogP) is 4.67. The van der Waals surface area contributed by atoms with E-state index in [2.05, 4.69) is 0 Å². The second kappa shape index (κ2) is 7.79. The fraction of sp³-hybridized carbons (Fsp3) is 0.100. The maximum atomic E-state index is 14.1. The van der Waals surface area contributed by atoms with E-state index in [4.69, 9.17) is 21.6 Å². The third-order valence-electron chi connectivity index (χ3n) is 4.04. The number of hydrogen-bond donors (Lipinski definition) is 0. The van der Waals surface area contributed by atoms with Crippen LogP contribution in [0.25, 0.3) is 5.69 Å². The van der Waals surface area contributed by atoms with E-state index in [1.807, 2.05) is 6.07 Å². The lowest BCUT2D eigenvalue weighted by molar-refractivity contribution is 0.304. The molecule has 2 aromatic carbocycles. The number of aromatic nitrogens is 1. The number of pyridine rings is 1.